The number of rotatable bonds is 7. The second-order valence-electron chi connectivity index (χ2n) is 8.88. The molecule has 3 nitrogen and oxygen atoms in total. The Morgan fingerprint density at radius 2 is 1.28 bits per heavy atom. The Balaban J connectivity index is 1.44. The maximum atomic E-state index is 13.9. The van der Waals surface area contributed by atoms with Gasteiger partial charge in [-0.3, -0.25) is 4.79 Å². The molecule has 3 aromatic rings. The smallest absolute Gasteiger partial charge is 0.234 e. The fourth-order valence-corrected chi connectivity index (χ4v) is 5.04. The summed E-state index contributed by atoms with van der Waals surface area (Å²) in [5, 5.41) is 0. The predicted octanol–water partition coefficient (Wildman–Crippen LogP) is 5.52. The van der Waals surface area contributed by atoms with Gasteiger partial charge in [0.05, 0.1) is 12.0 Å². The van der Waals surface area contributed by atoms with Gasteiger partial charge in [0.1, 0.15) is 0 Å². The SMILES string of the molecule is CN(C(=O)C1C(c2ccccc2)=C1c1ccccc1)[C@H](CN1CCCC1)c1ccccc1. The van der Waals surface area contributed by atoms with Crippen LogP contribution in [0.2, 0.25) is 0 Å². The van der Waals surface area contributed by atoms with Crippen molar-refractivity contribution in [2.45, 2.75) is 18.9 Å². The topological polar surface area (TPSA) is 23.6 Å². The van der Waals surface area contributed by atoms with E-state index in [9.17, 15) is 4.79 Å². The van der Waals surface area contributed by atoms with Crippen molar-refractivity contribution in [1.82, 2.24) is 9.80 Å². The maximum Gasteiger partial charge on any atom is 0.234 e. The van der Waals surface area contributed by atoms with Crippen molar-refractivity contribution in [2.75, 3.05) is 26.7 Å². The van der Waals surface area contributed by atoms with E-state index in [0.29, 0.717) is 0 Å². The van der Waals surface area contributed by atoms with Crippen LogP contribution in [0, 0.1) is 5.92 Å². The van der Waals surface area contributed by atoms with E-state index >= 15 is 0 Å². The lowest BCUT2D eigenvalue weighted by Gasteiger charge is -2.32. The summed E-state index contributed by atoms with van der Waals surface area (Å²) in [6.45, 7) is 3.13. The average molecular weight is 423 g/mol. The molecule has 32 heavy (non-hydrogen) atoms. The van der Waals surface area contributed by atoms with Gasteiger partial charge < -0.3 is 9.80 Å². The monoisotopic (exact) mass is 422 g/mol. The molecule has 0 saturated carbocycles. The number of nitrogens with zero attached hydrogens (tertiary/aromatic N) is 2. The Morgan fingerprint density at radius 3 is 1.78 bits per heavy atom. The summed E-state index contributed by atoms with van der Waals surface area (Å²) in [5.74, 6) is 0.0188. The summed E-state index contributed by atoms with van der Waals surface area (Å²) in [7, 11) is 1.99. The summed E-state index contributed by atoms with van der Waals surface area (Å²) in [5.41, 5.74) is 5.84. The molecule has 3 heteroatoms. The molecule has 0 aromatic heterocycles. The van der Waals surface area contributed by atoms with Crippen LogP contribution in [0.15, 0.2) is 91.0 Å². The van der Waals surface area contributed by atoms with E-state index < -0.39 is 0 Å². The third-order valence-electron chi connectivity index (χ3n) is 6.83. The second kappa shape index (κ2) is 9.13. The van der Waals surface area contributed by atoms with Gasteiger partial charge in [0.15, 0.2) is 0 Å². The molecule has 1 fully saturated rings. The zero-order valence-electron chi connectivity index (χ0n) is 18.7. The molecular formula is C29H30N2O. The van der Waals surface area contributed by atoms with Gasteiger partial charge >= 0.3 is 0 Å². The lowest BCUT2D eigenvalue weighted by atomic mass is 10.0. The minimum atomic E-state index is -0.172. The molecule has 1 heterocycles. The van der Waals surface area contributed by atoms with Crippen molar-refractivity contribution in [3.63, 3.8) is 0 Å². The van der Waals surface area contributed by atoms with Crippen LogP contribution in [-0.4, -0.2) is 42.4 Å². The van der Waals surface area contributed by atoms with Gasteiger partial charge in [0.2, 0.25) is 5.91 Å². The van der Waals surface area contributed by atoms with Gasteiger partial charge in [-0.05, 0) is 53.8 Å². The third kappa shape index (κ3) is 4.13. The normalized spacial score (nSPS) is 17.4. The molecule has 1 aliphatic heterocycles. The summed E-state index contributed by atoms with van der Waals surface area (Å²) in [6, 6.07) is 31.3. The quantitative estimate of drug-likeness (QED) is 0.500. The van der Waals surface area contributed by atoms with Gasteiger partial charge in [0, 0.05) is 13.6 Å². The molecule has 0 bridgehead atoms. The predicted molar refractivity (Wildman–Crippen MR) is 131 cm³/mol. The number of carbonyl (C=O) groups excluding carboxylic acids is 1. The van der Waals surface area contributed by atoms with Gasteiger partial charge in [-0.15, -0.1) is 0 Å². The molecule has 1 saturated heterocycles. The highest BCUT2D eigenvalue weighted by molar-refractivity contribution is 6.23. The number of carbonyl (C=O) groups is 1. The molecule has 0 radical (unpaired) electrons. The molecule has 5 rings (SSSR count). The number of amides is 1. The molecule has 1 amide bonds. The Kier molecular flexibility index (Phi) is 5.91. The van der Waals surface area contributed by atoms with Crippen LogP contribution in [-0.2, 0) is 4.79 Å². The van der Waals surface area contributed by atoms with E-state index in [1.165, 1.54) is 29.6 Å². The number of likely N-dealkylation sites (N-methyl/N-ethyl adjacent to an activating group) is 1. The minimum Gasteiger partial charge on any atom is -0.337 e. The molecule has 1 aliphatic carbocycles. The molecular weight excluding hydrogens is 392 g/mol. The maximum absolute atomic E-state index is 13.9. The summed E-state index contributed by atoms with van der Waals surface area (Å²) < 4.78 is 0. The van der Waals surface area contributed by atoms with Crippen LogP contribution in [0.25, 0.3) is 11.1 Å². The Labute approximate surface area is 191 Å². The van der Waals surface area contributed by atoms with Crippen molar-refractivity contribution < 1.29 is 4.79 Å². The number of hydrogen-bond acceptors (Lipinski definition) is 2. The van der Waals surface area contributed by atoms with Crippen molar-refractivity contribution in [2.24, 2.45) is 5.92 Å². The van der Waals surface area contributed by atoms with Crippen LogP contribution < -0.4 is 0 Å². The Hall–Kier alpha value is -3.17. The first-order valence-electron chi connectivity index (χ1n) is 11.6. The molecule has 3 aromatic carbocycles. The number of likely N-dealkylation sites (tertiary alicyclic amines) is 1. The molecule has 0 unspecified atom stereocenters. The third-order valence-corrected chi connectivity index (χ3v) is 6.83. The first kappa shape index (κ1) is 20.7. The molecule has 1 atom stereocenters. The highest BCUT2D eigenvalue weighted by Gasteiger charge is 2.46. The summed E-state index contributed by atoms with van der Waals surface area (Å²) in [4.78, 5) is 18.4. The van der Waals surface area contributed by atoms with E-state index in [1.807, 2.05) is 30.1 Å². The highest BCUT2D eigenvalue weighted by Crippen LogP contribution is 2.54. The summed E-state index contributed by atoms with van der Waals surface area (Å²) >= 11 is 0. The summed E-state index contributed by atoms with van der Waals surface area (Å²) in [6.07, 6.45) is 2.50. The standard InChI is InChI=1S/C29H30N2O/c1-30(25(21-31-19-11-12-20-31)22-13-5-2-6-14-22)29(32)28-26(23-15-7-3-8-16-23)27(28)24-17-9-4-10-18-24/h2-10,13-18,25,28H,11-12,19-21H2,1H3/t25-/m1/s1. The first-order valence-corrected chi connectivity index (χ1v) is 11.6. The van der Waals surface area contributed by atoms with Crippen LogP contribution >= 0.6 is 0 Å². The van der Waals surface area contributed by atoms with E-state index in [2.05, 4.69) is 77.7 Å². The number of benzene rings is 3. The zero-order valence-corrected chi connectivity index (χ0v) is 18.7. The average Bonchev–Trinajstić information content (AvgIpc) is 3.39. The van der Waals surface area contributed by atoms with Crippen LogP contribution in [0.1, 0.15) is 35.6 Å². The van der Waals surface area contributed by atoms with Gasteiger partial charge in [-0.1, -0.05) is 91.0 Å². The van der Waals surface area contributed by atoms with Crippen LogP contribution in [0.4, 0.5) is 0 Å². The molecule has 162 valence electrons. The second-order valence-corrected chi connectivity index (χ2v) is 8.88. The van der Waals surface area contributed by atoms with Crippen molar-refractivity contribution in [1.29, 1.82) is 0 Å². The van der Waals surface area contributed by atoms with E-state index in [1.54, 1.807) is 0 Å². The van der Waals surface area contributed by atoms with Crippen molar-refractivity contribution >= 4 is 17.1 Å². The fraction of sp³-hybridized carbons (Fsp3) is 0.276. The minimum absolute atomic E-state index is 0.0523. The van der Waals surface area contributed by atoms with Crippen LogP contribution in [0.5, 0.6) is 0 Å². The molecule has 0 N–H and O–H groups in total. The van der Waals surface area contributed by atoms with Gasteiger partial charge in [0.25, 0.3) is 0 Å². The van der Waals surface area contributed by atoms with E-state index in [0.717, 1.165) is 30.8 Å². The lowest BCUT2D eigenvalue weighted by molar-refractivity contribution is -0.132. The molecule has 0 spiro atoms. The Morgan fingerprint density at radius 1 is 0.812 bits per heavy atom. The van der Waals surface area contributed by atoms with Crippen molar-refractivity contribution in [3.05, 3.63) is 108 Å². The van der Waals surface area contributed by atoms with E-state index in [4.69, 9.17) is 0 Å². The van der Waals surface area contributed by atoms with Gasteiger partial charge in [-0.2, -0.15) is 0 Å². The highest BCUT2D eigenvalue weighted by atomic mass is 16.2. The largest absolute Gasteiger partial charge is 0.337 e. The van der Waals surface area contributed by atoms with Gasteiger partial charge in [-0.25, -0.2) is 0 Å². The zero-order chi connectivity index (χ0) is 21.9. The molecule has 2 aliphatic rings. The van der Waals surface area contributed by atoms with Crippen molar-refractivity contribution in [3.8, 4) is 0 Å². The fourth-order valence-electron chi connectivity index (χ4n) is 5.04. The number of hydrogen-bond donors (Lipinski definition) is 0. The lowest BCUT2D eigenvalue weighted by Crippen LogP contribution is -2.39. The first-order chi connectivity index (χ1) is 15.7. The Bertz CT molecular complexity index is 1040. The van der Waals surface area contributed by atoms with Crippen LogP contribution in [0.3, 0.4) is 0 Å². The van der Waals surface area contributed by atoms with E-state index in [-0.39, 0.29) is 17.9 Å².